The van der Waals surface area contributed by atoms with Crippen molar-refractivity contribution in [3.8, 4) is 11.8 Å². The molecule has 0 aromatic carbocycles. The Kier molecular flexibility index (Phi) is 14.3. The summed E-state index contributed by atoms with van der Waals surface area (Å²) in [5.74, 6) is 5.33. The standard InChI is InChI=1S/C13H21NO3S2.C2H6.H2/c1-3-4-7-14-12(15)10-16-8-9-17-13-6-5-11(2)18-19-13;1-2;/h11,13H,5-10H2,1-2H3,(H,14,15);1-2H3;1H. The SMILES string of the molecule is CC.CC#CCNC(=O)COCCOC1CCC(C)SS1.[HH]. The molecule has 1 N–H and O–H groups in total. The third-order valence-electron chi connectivity index (χ3n) is 2.45. The first-order chi connectivity index (χ1) is 10.2. The van der Waals surface area contributed by atoms with Crippen molar-refractivity contribution in [1.29, 1.82) is 0 Å². The lowest BCUT2D eigenvalue weighted by Gasteiger charge is -2.24. The van der Waals surface area contributed by atoms with Crippen LogP contribution in [0.25, 0.3) is 0 Å². The van der Waals surface area contributed by atoms with Gasteiger partial charge in [0.15, 0.2) is 0 Å². The monoisotopic (exact) mass is 335 g/mol. The van der Waals surface area contributed by atoms with Crippen LogP contribution in [0.15, 0.2) is 0 Å². The normalized spacial score (nSPS) is 20.6. The highest BCUT2D eigenvalue weighted by Crippen LogP contribution is 2.40. The summed E-state index contributed by atoms with van der Waals surface area (Å²) in [6, 6.07) is 0. The molecule has 2 atom stereocenters. The summed E-state index contributed by atoms with van der Waals surface area (Å²) in [5.41, 5.74) is 0.262. The van der Waals surface area contributed by atoms with E-state index in [4.69, 9.17) is 9.47 Å². The number of ether oxygens (including phenoxy) is 2. The molecule has 1 saturated heterocycles. The summed E-state index contributed by atoms with van der Waals surface area (Å²) < 4.78 is 10.9. The van der Waals surface area contributed by atoms with Gasteiger partial charge in [0.05, 0.1) is 19.8 Å². The molecule has 1 amide bonds. The number of amides is 1. The molecule has 0 saturated carbocycles. The van der Waals surface area contributed by atoms with E-state index >= 15 is 0 Å². The molecular weight excluding hydrogens is 306 g/mol. The molecule has 1 fully saturated rings. The van der Waals surface area contributed by atoms with Crippen LogP contribution in [0.1, 0.15) is 42.0 Å². The summed E-state index contributed by atoms with van der Waals surface area (Å²) in [7, 11) is 3.67. The van der Waals surface area contributed by atoms with Crippen LogP contribution >= 0.6 is 21.6 Å². The van der Waals surface area contributed by atoms with E-state index in [0.717, 1.165) is 11.7 Å². The fourth-order valence-electron chi connectivity index (χ4n) is 1.42. The maximum Gasteiger partial charge on any atom is 0.246 e. The molecule has 2 unspecified atom stereocenters. The van der Waals surface area contributed by atoms with E-state index in [0.29, 0.717) is 19.8 Å². The second-order valence-electron chi connectivity index (χ2n) is 4.14. The average molecular weight is 336 g/mol. The highest BCUT2D eigenvalue weighted by Gasteiger charge is 2.19. The minimum atomic E-state index is -0.140. The molecule has 124 valence electrons. The molecule has 0 aromatic heterocycles. The van der Waals surface area contributed by atoms with Crippen molar-refractivity contribution >= 4 is 27.5 Å². The number of rotatable bonds is 7. The fraction of sp³-hybridized carbons (Fsp3) is 0.800. The maximum atomic E-state index is 11.3. The Balaban J connectivity index is 0. The zero-order valence-electron chi connectivity index (χ0n) is 13.4. The van der Waals surface area contributed by atoms with Gasteiger partial charge in [0.1, 0.15) is 12.0 Å². The Labute approximate surface area is 138 Å². The first-order valence-electron chi connectivity index (χ1n) is 7.40. The van der Waals surface area contributed by atoms with E-state index in [1.807, 2.05) is 24.6 Å². The van der Waals surface area contributed by atoms with E-state index in [1.165, 1.54) is 6.42 Å². The summed E-state index contributed by atoms with van der Waals surface area (Å²) in [5, 5.41) is 3.36. The number of hydrogen-bond donors (Lipinski definition) is 1. The highest BCUT2D eigenvalue weighted by atomic mass is 33.1. The van der Waals surface area contributed by atoms with Crippen LogP contribution in [-0.4, -0.2) is 43.0 Å². The van der Waals surface area contributed by atoms with E-state index in [1.54, 1.807) is 17.7 Å². The Hall–Kier alpha value is -0.350. The van der Waals surface area contributed by atoms with Crippen molar-refractivity contribution in [1.82, 2.24) is 5.32 Å². The fourth-order valence-corrected chi connectivity index (χ4v) is 4.04. The topological polar surface area (TPSA) is 47.6 Å². The smallest absolute Gasteiger partial charge is 0.246 e. The lowest BCUT2D eigenvalue weighted by atomic mass is 10.2. The third-order valence-corrected chi connectivity index (χ3v) is 5.68. The lowest BCUT2D eigenvalue weighted by molar-refractivity contribution is -0.126. The Morgan fingerprint density at radius 1 is 1.33 bits per heavy atom. The van der Waals surface area contributed by atoms with Crippen LogP contribution in [0.2, 0.25) is 0 Å². The molecular formula is C15H29NO3S2. The van der Waals surface area contributed by atoms with Crippen LogP contribution in [0.5, 0.6) is 0 Å². The van der Waals surface area contributed by atoms with Crippen molar-refractivity contribution in [3.05, 3.63) is 0 Å². The van der Waals surface area contributed by atoms with Crippen molar-refractivity contribution in [2.24, 2.45) is 0 Å². The second kappa shape index (κ2) is 14.6. The van der Waals surface area contributed by atoms with Gasteiger partial charge in [0, 0.05) is 6.68 Å². The van der Waals surface area contributed by atoms with Gasteiger partial charge in [0.25, 0.3) is 0 Å². The predicted octanol–water partition coefficient (Wildman–Crippen LogP) is 3.32. The van der Waals surface area contributed by atoms with Gasteiger partial charge < -0.3 is 14.8 Å². The molecule has 0 bridgehead atoms. The molecule has 21 heavy (non-hydrogen) atoms. The van der Waals surface area contributed by atoms with Gasteiger partial charge in [-0.3, -0.25) is 4.79 Å². The van der Waals surface area contributed by atoms with Crippen molar-refractivity contribution in [2.75, 3.05) is 26.4 Å². The predicted molar refractivity (Wildman–Crippen MR) is 94.4 cm³/mol. The van der Waals surface area contributed by atoms with Gasteiger partial charge in [-0.1, -0.05) is 48.3 Å². The minimum Gasteiger partial charge on any atom is -0.369 e. The largest absolute Gasteiger partial charge is 0.369 e. The molecule has 6 heteroatoms. The summed E-state index contributed by atoms with van der Waals surface area (Å²) in [6.45, 7) is 9.40. The van der Waals surface area contributed by atoms with Crippen molar-refractivity contribution in [2.45, 2.75) is 51.2 Å². The van der Waals surface area contributed by atoms with Crippen LogP contribution in [0.4, 0.5) is 0 Å². The van der Waals surface area contributed by atoms with Gasteiger partial charge in [-0.2, -0.15) is 0 Å². The zero-order chi connectivity index (χ0) is 15.9. The Morgan fingerprint density at radius 3 is 2.71 bits per heavy atom. The first kappa shape index (κ1) is 20.6. The lowest BCUT2D eigenvalue weighted by Crippen LogP contribution is -2.28. The van der Waals surface area contributed by atoms with Gasteiger partial charge in [-0.05, 0) is 19.8 Å². The van der Waals surface area contributed by atoms with Gasteiger partial charge in [0.2, 0.25) is 5.91 Å². The Bertz CT molecular complexity index is 326. The van der Waals surface area contributed by atoms with Crippen LogP contribution in [0.3, 0.4) is 0 Å². The first-order valence-corrected chi connectivity index (χ1v) is 9.67. The second-order valence-corrected chi connectivity index (χ2v) is 7.01. The highest BCUT2D eigenvalue weighted by molar-refractivity contribution is 8.77. The van der Waals surface area contributed by atoms with E-state index in [-0.39, 0.29) is 19.4 Å². The zero-order valence-corrected chi connectivity index (χ0v) is 15.1. The molecule has 0 radical (unpaired) electrons. The van der Waals surface area contributed by atoms with Gasteiger partial charge in [-0.15, -0.1) is 5.92 Å². The van der Waals surface area contributed by atoms with Crippen LogP contribution < -0.4 is 5.32 Å². The number of carbonyl (C=O) groups excluding carboxylic acids is 1. The quantitative estimate of drug-likeness (QED) is 0.439. The molecule has 0 aliphatic carbocycles. The molecule has 0 spiro atoms. The Morgan fingerprint density at radius 2 is 2.10 bits per heavy atom. The summed E-state index contributed by atoms with van der Waals surface area (Å²) in [4.78, 5) is 11.3. The van der Waals surface area contributed by atoms with Crippen molar-refractivity contribution in [3.63, 3.8) is 0 Å². The molecule has 0 aromatic rings. The van der Waals surface area contributed by atoms with Crippen LogP contribution in [-0.2, 0) is 14.3 Å². The number of nitrogens with one attached hydrogen (secondary N) is 1. The molecule has 4 nitrogen and oxygen atoms in total. The van der Waals surface area contributed by atoms with E-state index in [2.05, 4.69) is 24.1 Å². The molecule has 1 heterocycles. The number of carbonyl (C=O) groups is 1. The van der Waals surface area contributed by atoms with Gasteiger partial charge >= 0.3 is 0 Å². The van der Waals surface area contributed by atoms with E-state index < -0.39 is 0 Å². The molecule has 1 aliphatic heterocycles. The summed E-state index contributed by atoms with van der Waals surface area (Å²) in [6.07, 6.45) is 2.29. The maximum absolute atomic E-state index is 11.3. The van der Waals surface area contributed by atoms with E-state index in [9.17, 15) is 4.79 Å². The van der Waals surface area contributed by atoms with Crippen molar-refractivity contribution < 1.29 is 15.7 Å². The minimum absolute atomic E-state index is 0. The third kappa shape index (κ3) is 11.9. The molecule has 1 aliphatic rings. The van der Waals surface area contributed by atoms with Crippen LogP contribution in [0, 0.1) is 11.8 Å². The van der Waals surface area contributed by atoms with Gasteiger partial charge in [-0.25, -0.2) is 0 Å². The molecule has 1 rings (SSSR count). The average Bonchev–Trinajstić information content (AvgIpc) is 2.51. The summed E-state index contributed by atoms with van der Waals surface area (Å²) >= 11 is 0. The number of hydrogen-bond acceptors (Lipinski definition) is 5.